The Balaban J connectivity index is 0.000000177. The number of aryl methyl sites for hydroxylation is 1. The molecule has 0 saturated carbocycles. The molecule has 0 aliphatic rings. The van der Waals surface area contributed by atoms with Crippen LogP contribution in [0.15, 0.2) is 109 Å². The summed E-state index contributed by atoms with van der Waals surface area (Å²) in [6.07, 6.45) is 6.50. The molecule has 0 fully saturated rings. The van der Waals surface area contributed by atoms with Crippen molar-refractivity contribution >= 4 is 40.8 Å². The van der Waals surface area contributed by atoms with Crippen molar-refractivity contribution in [3.05, 3.63) is 120 Å². The standard InChI is InChI=1S/C15H14BCl.C10H9ClN2/c17-13-7-12-16(14-8-3-1-4-9-14)15-10-5-2-6-11-15;1-8-6-12-7-13(8)10-5-3-2-4-9(10)11/h1-11,13H,12H2;2-7H,1H3. The summed E-state index contributed by atoms with van der Waals surface area (Å²) in [6, 6.07) is 28.8. The van der Waals surface area contributed by atoms with E-state index in [4.69, 9.17) is 23.2 Å². The quantitative estimate of drug-likeness (QED) is 0.360. The molecule has 0 atom stereocenters. The number of nitrogens with zero attached hydrogens (tertiary/aromatic N) is 2. The minimum absolute atomic E-state index is 0.382. The summed E-state index contributed by atoms with van der Waals surface area (Å²) in [7, 11) is 0. The van der Waals surface area contributed by atoms with Gasteiger partial charge in [0, 0.05) is 11.9 Å². The summed E-state index contributed by atoms with van der Waals surface area (Å²) in [5.74, 6) is 0. The smallest absolute Gasteiger partial charge is 0.213 e. The number of imidazole rings is 1. The molecule has 0 bridgehead atoms. The minimum Gasteiger partial charge on any atom is -0.302 e. The number of para-hydroxylation sites is 1. The summed E-state index contributed by atoms with van der Waals surface area (Å²) in [5, 5.41) is 0.739. The number of rotatable bonds is 5. The molecule has 4 aromatic rings. The van der Waals surface area contributed by atoms with Gasteiger partial charge in [-0.25, -0.2) is 4.98 Å². The van der Waals surface area contributed by atoms with Crippen molar-refractivity contribution in [3.8, 4) is 5.69 Å². The van der Waals surface area contributed by atoms with Crippen LogP contribution in [0.2, 0.25) is 11.3 Å². The number of halogens is 2. The second-order valence-corrected chi connectivity index (χ2v) is 7.49. The fourth-order valence-electron chi connectivity index (χ4n) is 3.28. The average molecular weight is 433 g/mol. The third-order valence-corrected chi connectivity index (χ3v) is 5.30. The van der Waals surface area contributed by atoms with Gasteiger partial charge in [-0.1, -0.05) is 113 Å². The van der Waals surface area contributed by atoms with E-state index in [1.165, 1.54) is 10.9 Å². The second-order valence-electron chi connectivity index (χ2n) is 6.83. The molecule has 1 heterocycles. The molecule has 0 aliphatic carbocycles. The van der Waals surface area contributed by atoms with Crippen LogP contribution in [0.25, 0.3) is 5.69 Å². The summed E-state index contributed by atoms with van der Waals surface area (Å²) in [6.45, 7) is 2.38. The van der Waals surface area contributed by atoms with Gasteiger partial charge in [0.05, 0.1) is 17.0 Å². The van der Waals surface area contributed by atoms with Crippen LogP contribution in [0.4, 0.5) is 0 Å². The predicted octanol–water partition coefficient (Wildman–Crippen LogP) is 5.88. The molecular formula is C25H23BCl2N2. The van der Waals surface area contributed by atoms with E-state index < -0.39 is 0 Å². The lowest BCUT2D eigenvalue weighted by Crippen LogP contribution is -2.41. The zero-order valence-corrected chi connectivity index (χ0v) is 18.3. The molecule has 5 heteroatoms. The van der Waals surface area contributed by atoms with Crippen LogP contribution < -0.4 is 10.9 Å². The zero-order valence-electron chi connectivity index (χ0n) is 16.8. The molecule has 4 rings (SSSR count). The number of hydrogen-bond donors (Lipinski definition) is 0. The van der Waals surface area contributed by atoms with Crippen molar-refractivity contribution in [2.45, 2.75) is 13.2 Å². The minimum atomic E-state index is 0.382. The first-order valence-electron chi connectivity index (χ1n) is 9.79. The first kappa shape index (κ1) is 22.0. The van der Waals surface area contributed by atoms with E-state index in [2.05, 4.69) is 53.5 Å². The van der Waals surface area contributed by atoms with Crippen LogP contribution in [0.3, 0.4) is 0 Å². The van der Waals surface area contributed by atoms with Crippen LogP contribution in [-0.2, 0) is 0 Å². The van der Waals surface area contributed by atoms with Gasteiger partial charge in [0.2, 0.25) is 6.71 Å². The predicted molar refractivity (Wildman–Crippen MR) is 131 cm³/mol. The number of aromatic nitrogens is 2. The summed E-state index contributed by atoms with van der Waals surface area (Å²) in [4.78, 5) is 4.04. The first-order valence-corrected chi connectivity index (χ1v) is 10.6. The van der Waals surface area contributed by atoms with Crippen LogP contribution >= 0.6 is 23.2 Å². The van der Waals surface area contributed by atoms with Gasteiger partial charge in [0.25, 0.3) is 0 Å². The topological polar surface area (TPSA) is 17.8 Å². The Morgan fingerprint density at radius 3 is 1.93 bits per heavy atom. The molecule has 3 aromatic carbocycles. The van der Waals surface area contributed by atoms with Gasteiger partial charge in [0.1, 0.15) is 0 Å². The number of allylic oxidation sites excluding steroid dienone is 1. The van der Waals surface area contributed by atoms with Gasteiger partial charge in [-0.05, 0) is 30.9 Å². The maximum atomic E-state index is 6.04. The highest BCUT2D eigenvalue weighted by Gasteiger charge is 2.16. The molecule has 30 heavy (non-hydrogen) atoms. The highest BCUT2D eigenvalue weighted by atomic mass is 35.5. The zero-order chi connectivity index (χ0) is 21.2. The average Bonchev–Trinajstić information content (AvgIpc) is 3.22. The highest BCUT2D eigenvalue weighted by molar-refractivity contribution is 6.85. The van der Waals surface area contributed by atoms with Gasteiger partial charge in [-0.3, -0.25) is 0 Å². The van der Waals surface area contributed by atoms with Gasteiger partial charge < -0.3 is 4.57 Å². The maximum absolute atomic E-state index is 6.04. The summed E-state index contributed by atoms with van der Waals surface area (Å²) < 4.78 is 1.96. The van der Waals surface area contributed by atoms with E-state index in [1.54, 1.807) is 11.9 Å². The molecule has 0 N–H and O–H groups in total. The lowest BCUT2D eigenvalue weighted by atomic mass is 9.39. The van der Waals surface area contributed by atoms with E-state index in [-0.39, 0.29) is 0 Å². The molecule has 0 saturated heterocycles. The van der Waals surface area contributed by atoms with Gasteiger partial charge in [-0.15, -0.1) is 0 Å². The summed E-state index contributed by atoms with van der Waals surface area (Å²) in [5.41, 5.74) is 6.30. The monoisotopic (exact) mass is 432 g/mol. The maximum Gasteiger partial charge on any atom is 0.213 e. The van der Waals surface area contributed by atoms with Crippen molar-refractivity contribution in [1.82, 2.24) is 9.55 Å². The van der Waals surface area contributed by atoms with Crippen molar-refractivity contribution in [2.24, 2.45) is 0 Å². The molecule has 0 radical (unpaired) electrons. The van der Waals surface area contributed by atoms with E-state index in [0.29, 0.717) is 6.71 Å². The fraction of sp³-hybridized carbons (Fsp3) is 0.0800. The van der Waals surface area contributed by atoms with Crippen LogP contribution in [0.5, 0.6) is 0 Å². The highest BCUT2D eigenvalue weighted by Crippen LogP contribution is 2.20. The van der Waals surface area contributed by atoms with Crippen molar-refractivity contribution in [3.63, 3.8) is 0 Å². The molecular weight excluding hydrogens is 410 g/mol. The van der Waals surface area contributed by atoms with Crippen LogP contribution in [0, 0.1) is 6.92 Å². The van der Waals surface area contributed by atoms with Gasteiger partial charge in [-0.2, -0.15) is 0 Å². The van der Waals surface area contributed by atoms with Crippen molar-refractivity contribution < 1.29 is 0 Å². The molecule has 0 amide bonds. The van der Waals surface area contributed by atoms with Crippen molar-refractivity contribution in [2.75, 3.05) is 0 Å². The molecule has 0 aliphatic heterocycles. The molecule has 0 unspecified atom stereocenters. The van der Waals surface area contributed by atoms with Crippen LogP contribution in [0.1, 0.15) is 5.69 Å². The fourth-order valence-corrected chi connectivity index (χ4v) is 3.61. The van der Waals surface area contributed by atoms with E-state index in [0.717, 1.165) is 22.7 Å². The number of benzene rings is 3. The van der Waals surface area contributed by atoms with E-state index in [1.807, 2.05) is 60.2 Å². The molecule has 150 valence electrons. The van der Waals surface area contributed by atoms with Crippen molar-refractivity contribution in [1.29, 1.82) is 0 Å². The normalized spacial score (nSPS) is 10.5. The Kier molecular flexibility index (Phi) is 8.37. The Morgan fingerprint density at radius 1 is 0.867 bits per heavy atom. The third kappa shape index (κ3) is 5.88. The van der Waals surface area contributed by atoms with Crippen LogP contribution in [-0.4, -0.2) is 16.3 Å². The number of hydrogen-bond acceptors (Lipinski definition) is 1. The lowest BCUT2D eigenvalue weighted by molar-refractivity contribution is 1.00. The Labute approximate surface area is 188 Å². The largest absolute Gasteiger partial charge is 0.302 e. The second kappa shape index (κ2) is 11.4. The van der Waals surface area contributed by atoms with E-state index >= 15 is 0 Å². The molecule has 2 nitrogen and oxygen atoms in total. The Bertz CT molecular complexity index is 1020. The third-order valence-electron chi connectivity index (χ3n) is 4.80. The molecule has 0 spiro atoms. The first-order chi connectivity index (χ1) is 14.7. The lowest BCUT2D eigenvalue weighted by Gasteiger charge is -2.12. The SMILES string of the molecule is Cc1cncn1-c1ccccc1Cl.ClC=CCB(c1ccccc1)c1ccccc1. The Hall–Kier alpha value is -2.75. The van der Waals surface area contributed by atoms with E-state index in [9.17, 15) is 0 Å². The van der Waals surface area contributed by atoms with Gasteiger partial charge >= 0.3 is 0 Å². The van der Waals surface area contributed by atoms with Gasteiger partial charge in [0.15, 0.2) is 0 Å². The summed E-state index contributed by atoms with van der Waals surface area (Å²) >= 11 is 11.7. The Morgan fingerprint density at radius 2 is 1.43 bits per heavy atom. The molecule has 1 aromatic heterocycles.